The topological polar surface area (TPSA) is 144 Å². The number of nitro groups is 1. The fraction of sp³-hybridized carbons (Fsp3) is 0.290. The van der Waals surface area contributed by atoms with Crippen LogP contribution in [0.15, 0.2) is 76.9 Å². The molecule has 0 spiro atoms. The SMILES string of the molecule is CCOc1cc(C2C3=CCC4C(=O)N(c5cccc([N+](=O)[O-])c5)C(=O)C4C3CC3=C2C(=O)C=C(C)C3=O)ccc1O. The van der Waals surface area contributed by atoms with Crippen molar-refractivity contribution in [2.24, 2.45) is 17.8 Å². The second kappa shape index (κ2) is 9.65. The number of Topliss-reactive ketones (excluding diaryl/α,β-unsaturated/α-hetero) is 1. The minimum Gasteiger partial charge on any atom is -0.504 e. The van der Waals surface area contributed by atoms with E-state index in [1.54, 1.807) is 26.0 Å². The molecular formula is C31H26N2O8. The second-order valence-corrected chi connectivity index (χ2v) is 10.7. The van der Waals surface area contributed by atoms with Crippen molar-refractivity contribution in [1.29, 1.82) is 0 Å². The molecule has 208 valence electrons. The third-order valence-electron chi connectivity index (χ3n) is 8.48. The van der Waals surface area contributed by atoms with Crippen molar-refractivity contribution in [2.45, 2.75) is 32.6 Å². The molecule has 4 aliphatic rings. The smallest absolute Gasteiger partial charge is 0.271 e. The zero-order chi connectivity index (χ0) is 29.2. The van der Waals surface area contributed by atoms with Crippen LogP contribution in [-0.2, 0) is 19.2 Å². The summed E-state index contributed by atoms with van der Waals surface area (Å²) in [6, 6.07) is 10.2. The number of phenolic OH excluding ortho intramolecular Hbond substituents is 1. The molecule has 0 bridgehead atoms. The molecule has 10 heteroatoms. The van der Waals surface area contributed by atoms with E-state index in [1.165, 1.54) is 36.4 Å². The first kappa shape index (κ1) is 26.4. The number of allylic oxidation sites excluding steroid dienone is 6. The molecule has 4 atom stereocenters. The third kappa shape index (κ3) is 4.01. The van der Waals surface area contributed by atoms with Crippen LogP contribution < -0.4 is 9.64 Å². The number of amides is 2. The first-order valence-electron chi connectivity index (χ1n) is 13.4. The van der Waals surface area contributed by atoms with E-state index in [0.717, 1.165) is 10.5 Å². The Bertz CT molecular complexity index is 1670. The number of ketones is 2. The number of phenols is 1. The number of imide groups is 1. The first-order chi connectivity index (χ1) is 19.6. The van der Waals surface area contributed by atoms with E-state index in [4.69, 9.17) is 4.74 Å². The van der Waals surface area contributed by atoms with Gasteiger partial charge in [0.05, 0.1) is 29.1 Å². The molecule has 10 nitrogen and oxygen atoms in total. The number of nitro benzene ring substituents is 1. The molecule has 3 aliphatic carbocycles. The molecular weight excluding hydrogens is 528 g/mol. The number of ether oxygens (including phenoxy) is 1. The summed E-state index contributed by atoms with van der Waals surface area (Å²) >= 11 is 0. The van der Waals surface area contributed by atoms with Gasteiger partial charge in [0.2, 0.25) is 11.8 Å². The maximum Gasteiger partial charge on any atom is 0.271 e. The van der Waals surface area contributed by atoms with Gasteiger partial charge >= 0.3 is 0 Å². The Balaban J connectivity index is 1.47. The maximum absolute atomic E-state index is 14.0. The number of aromatic hydroxyl groups is 1. The molecule has 1 fully saturated rings. The van der Waals surface area contributed by atoms with E-state index in [2.05, 4.69) is 0 Å². The van der Waals surface area contributed by atoms with Gasteiger partial charge in [-0.15, -0.1) is 0 Å². The fourth-order valence-electron chi connectivity index (χ4n) is 6.74. The molecule has 0 radical (unpaired) electrons. The van der Waals surface area contributed by atoms with Gasteiger partial charge in [0, 0.05) is 34.8 Å². The quantitative estimate of drug-likeness (QED) is 0.189. The van der Waals surface area contributed by atoms with Crippen LogP contribution in [0.5, 0.6) is 11.5 Å². The molecule has 2 aromatic carbocycles. The summed E-state index contributed by atoms with van der Waals surface area (Å²) in [6.45, 7) is 3.66. The summed E-state index contributed by atoms with van der Waals surface area (Å²) in [6.07, 6.45) is 3.57. The number of fused-ring (bicyclic) bond motifs is 3. The van der Waals surface area contributed by atoms with Gasteiger partial charge in [0.25, 0.3) is 5.69 Å². The molecule has 1 aliphatic heterocycles. The van der Waals surface area contributed by atoms with Crippen LogP contribution in [0.3, 0.4) is 0 Å². The van der Waals surface area contributed by atoms with Crippen molar-refractivity contribution in [3.63, 3.8) is 0 Å². The minimum absolute atomic E-state index is 0.0687. The fourth-order valence-corrected chi connectivity index (χ4v) is 6.74. The highest BCUT2D eigenvalue weighted by Crippen LogP contribution is 2.56. The van der Waals surface area contributed by atoms with Crippen molar-refractivity contribution in [3.05, 3.63) is 92.6 Å². The largest absolute Gasteiger partial charge is 0.504 e. The van der Waals surface area contributed by atoms with Gasteiger partial charge in [-0.2, -0.15) is 0 Å². The third-order valence-corrected chi connectivity index (χ3v) is 8.48. The molecule has 6 rings (SSSR count). The summed E-state index contributed by atoms with van der Waals surface area (Å²) in [4.78, 5) is 66.2. The normalized spacial score (nSPS) is 25.4. The molecule has 1 heterocycles. The van der Waals surface area contributed by atoms with Crippen molar-refractivity contribution in [1.82, 2.24) is 0 Å². The van der Waals surface area contributed by atoms with Gasteiger partial charge in [-0.1, -0.05) is 23.8 Å². The van der Waals surface area contributed by atoms with E-state index in [1.807, 2.05) is 6.08 Å². The molecule has 41 heavy (non-hydrogen) atoms. The number of carbonyl (C=O) groups excluding carboxylic acids is 4. The lowest BCUT2D eigenvalue weighted by Gasteiger charge is -2.42. The number of non-ortho nitro benzene ring substituents is 1. The highest BCUT2D eigenvalue weighted by molar-refractivity contribution is 6.25. The first-order valence-corrected chi connectivity index (χ1v) is 13.4. The predicted molar refractivity (Wildman–Crippen MR) is 146 cm³/mol. The number of anilines is 1. The Morgan fingerprint density at radius 1 is 1.07 bits per heavy atom. The van der Waals surface area contributed by atoms with Crippen molar-refractivity contribution >= 4 is 34.8 Å². The lowest BCUT2D eigenvalue weighted by Crippen LogP contribution is -2.39. The maximum atomic E-state index is 14.0. The second-order valence-electron chi connectivity index (χ2n) is 10.7. The lowest BCUT2D eigenvalue weighted by molar-refractivity contribution is -0.384. The Kier molecular flexibility index (Phi) is 6.21. The highest BCUT2D eigenvalue weighted by Gasteiger charge is 2.56. The Morgan fingerprint density at radius 2 is 1.85 bits per heavy atom. The zero-order valence-corrected chi connectivity index (χ0v) is 22.3. The summed E-state index contributed by atoms with van der Waals surface area (Å²) < 4.78 is 5.59. The Hall–Kier alpha value is -4.86. The van der Waals surface area contributed by atoms with Crippen molar-refractivity contribution in [2.75, 3.05) is 11.5 Å². The number of nitrogens with zero attached hydrogens (tertiary/aromatic N) is 2. The molecule has 2 aromatic rings. The number of rotatable bonds is 5. The van der Waals surface area contributed by atoms with Crippen LogP contribution >= 0.6 is 0 Å². The summed E-state index contributed by atoms with van der Waals surface area (Å²) in [5.41, 5.74) is 2.23. The lowest BCUT2D eigenvalue weighted by atomic mass is 9.59. The number of carbonyl (C=O) groups is 4. The molecule has 1 N–H and O–H groups in total. The molecule has 2 amide bonds. The predicted octanol–water partition coefficient (Wildman–Crippen LogP) is 4.33. The van der Waals surface area contributed by atoms with E-state index in [-0.39, 0.29) is 47.3 Å². The van der Waals surface area contributed by atoms with Crippen LogP contribution in [0, 0.1) is 27.9 Å². The van der Waals surface area contributed by atoms with Gasteiger partial charge in [-0.3, -0.25) is 29.3 Å². The van der Waals surface area contributed by atoms with Crippen molar-refractivity contribution < 1.29 is 33.9 Å². The summed E-state index contributed by atoms with van der Waals surface area (Å²) in [5, 5.41) is 21.7. The van der Waals surface area contributed by atoms with E-state index in [9.17, 15) is 34.4 Å². The standard InChI is InChI=1S/C31H26N2O8/c1-3-41-25-12-16(7-10-23(25)34)26-19-8-9-20-27(21(19)14-22-28(26)24(35)11-15(2)29(22)36)31(38)32(30(20)37)17-5-4-6-18(13-17)33(39)40/h4-8,10-13,20-21,26-27,34H,3,9,14H2,1-2H3. The van der Waals surface area contributed by atoms with Gasteiger partial charge in [-0.05, 0) is 62.4 Å². The molecule has 0 saturated carbocycles. The number of hydrogen-bond donors (Lipinski definition) is 1. The Morgan fingerprint density at radius 3 is 2.59 bits per heavy atom. The molecule has 4 unspecified atom stereocenters. The van der Waals surface area contributed by atoms with E-state index >= 15 is 0 Å². The van der Waals surface area contributed by atoms with Crippen molar-refractivity contribution in [3.8, 4) is 11.5 Å². The van der Waals surface area contributed by atoms with Gasteiger partial charge in [0.15, 0.2) is 23.1 Å². The monoisotopic (exact) mass is 554 g/mol. The number of hydrogen-bond acceptors (Lipinski definition) is 8. The zero-order valence-electron chi connectivity index (χ0n) is 22.3. The van der Waals surface area contributed by atoms with Crippen LogP contribution in [0.4, 0.5) is 11.4 Å². The van der Waals surface area contributed by atoms with E-state index in [0.29, 0.717) is 28.9 Å². The van der Waals surface area contributed by atoms with Crippen LogP contribution in [0.1, 0.15) is 38.2 Å². The Labute approximate surface area is 234 Å². The minimum atomic E-state index is -0.809. The van der Waals surface area contributed by atoms with Crippen LogP contribution in [-0.4, -0.2) is 40.0 Å². The molecule has 1 saturated heterocycles. The highest BCUT2D eigenvalue weighted by atomic mass is 16.6. The van der Waals surface area contributed by atoms with Crippen LogP contribution in [0.25, 0.3) is 0 Å². The van der Waals surface area contributed by atoms with E-state index < -0.39 is 40.4 Å². The number of benzene rings is 2. The van der Waals surface area contributed by atoms with Gasteiger partial charge in [-0.25, -0.2) is 4.90 Å². The average molecular weight is 555 g/mol. The van der Waals surface area contributed by atoms with Gasteiger partial charge in [0.1, 0.15) is 0 Å². The molecule has 0 aromatic heterocycles. The van der Waals surface area contributed by atoms with Gasteiger partial charge < -0.3 is 9.84 Å². The van der Waals surface area contributed by atoms with Crippen LogP contribution in [0.2, 0.25) is 0 Å². The summed E-state index contributed by atoms with van der Waals surface area (Å²) in [7, 11) is 0. The summed E-state index contributed by atoms with van der Waals surface area (Å²) in [5.74, 6) is -4.08. The average Bonchev–Trinajstić information content (AvgIpc) is 3.21.